The molecule has 0 unspecified atom stereocenters. The summed E-state index contributed by atoms with van der Waals surface area (Å²) in [5, 5.41) is 0. The van der Waals surface area contributed by atoms with E-state index < -0.39 is 0 Å². The largest absolute Gasteiger partial charge is 0.465 e. The van der Waals surface area contributed by atoms with Crippen LogP contribution in [0.1, 0.15) is 12.8 Å². The Morgan fingerprint density at radius 1 is 1.42 bits per heavy atom. The summed E-state index contributed by atoms with van der Waals surface area (Å²) >= 11 is 5.23. The molecule has 0 aliphatic heterocycles. The van der Waals surface area contributed by atoms with E-state index in [0.717, 1.165) is 19.4 Å². The van der Waals surface area contributed by atoms with E-state index in [4.69, 9.17) is 16.3 Å². The van der Waals surface area contributed by atoms with Crippen LogP contribution in [0.5, 0.6) is 0 Å². The predicted octanol–water partition coefficient (Wildman–Crippen LogP) is 1.11. The Hall–Kier alpha value is -0.280. The summed E-state index contributed by atoms with van der Waals surface area (Å²) in [4.78, 5) is 12.6. The second-order valence-corrected chi connectivity index (χ2v) is 3.13. The molecule has 0 aliphatic rings. The first-order valence-corrected chi connectivity index (χ1v) is 4.56. The molecule has 0 aliphatic carbocycles. The third kappa shape index (κ3) is 7.82. The molecule has 0 bridgehead atoms. The molecule has 3 nitrogen and oxygen atoms in total. The number of esters is 1. The summed E-state index contributed by atoms with van der Waals surface area (Å²) in [5.74, 6) is -0.380. The van der Waals surface area contributed by atoms with Crippen LogP contribution < -0.4 is 0 Å². The van der Waals surface area contributed by atoms with Crippen LogP contribution in [-0.2, 0) is 9.53 Å². The molecule has 0 spiro atoms. The highest BCUT2D eigenvalue weighted by molar-refractivity contribution is 6.26. The van der Waals surface area contributed by atoms with Gasteiger partial charge in [-0.05, 0) is 33.5 Å². The number of alkyl halides is 1. The van der Waals surface area contributed by atoms with Crippen molar-refractivity contribution in [3.63, 3.8) is 0 Å². The maximum absolute atomic E-state index is 10.5. The molecule has 0 saturated heterocycles. The van der Waals surface area contributed by atoms with Crippen LogP contribution in [0.4, 0.5) is 0 Å². The van der Waals surface area contributed by atoms with Gasteiger partial charge in [0.25, 0.3) is 0 Å². The Bertz CT molecular complexity index is 128. The molecule has 72 valence electrons. The number of hydrogen-bond acceptors (Lipinski definition) is 3. The number of rotatable bonds is 6. The van der Waals surface area contributed by atoms with Crippen molar-refractivity contribution in [1.29, 1.82) is 0 Å². The van der Waals surface area contributed by atoms with Gasteiger partial charge in [-0.1, -0.05) is 0 Å². The highest BCUT2D eigenvalue weighted by Crippen LogP contribution is 1.92. The monoisotopic (exact) mass is 193 g/mol. The minimum Gasteiger partial charge on any atom is -0.465 e. The Labute approximate surface area is 78.6 Å². The molecule has 0 aromatic heterocycles. The number of carbonyl (C=O) groups is 1. The molecule has 12 heavy (non-hydrogen) atoms. The highest BCUT2D eigenvalue weighted by Gasteiger charge is 1.98. The molecular weight excluding hydrogens is 178 g/mol. The number of hydrogen-bond donors (Lipinski definition) is 0. The standard InChI is InChI=1S/C8H16ClNO2/c1-10(2)5-3-4-6-12-8(11)7-9/h3-7H2,1-2H3. The highest BCUT2D eigenvalue weighted by atomic mass is 35.5. The van der Waals surface area contributed by atoms with Crippen molar-refractivity contribution in [3.8, 4) is 0 Å². The number of halogens is 1. The van der Waals surface area contributed by atoms with Crippen molar-refractivity contribution in [2.45, 2.75) is 12.8 Å². The molecule has 0 rings (SSSR count). The normalized spacial score (nSPS) is 10.3. The van der Waals surface area contributed by atoms with E-state index in [2.05, 4.69) is 4.90 Å². The van der Waals surface area contributed by atoms with E-state index in [1.54, 1.807) is 0 Å². The van der Waals surface area contributed by atoms with E-state index in [1.165, 1.54) is 0 Å². The summed E-state index contributed by atoms with van der Waals surface area (Å²) in [7, 11) is 4.04. The Morgan fingerprint density at radius 3 is 2.58 bits per heavy atom. The van der Waals surface area contributed by atoms with E-state index in [0.29, 0.717) is 6.61 Å². The van der Waals surface area contributed by atoms with E-state index in [-0.39, 0.29) is 11.8 Å². The molecule has 0 aromatic carbocycles. The summed E-state index contributed by atoms with van der Waals surface area (Å²) in [5.41, 5.74) is 0. The van der Waals surface area contributed by atoms with E-state index in [9.17, 15) is 4.79 Å². The summed E-state index contributed by atoms with van der Waals surface area (Å²) in [6, 6.07) is 0. The number of carbonyl (C=O) groups excluding carboxylic acids is 1. The smallest absolute Gasteiger partial charge is 0.320 e. The minimum atomic E-state index is -0.332. The van der Waals surface area contributed by atoms with Crippen LogP contribution in [-0.4, -0.2) is 44.0 Å². The van der Waals surface area contributed by atoms with Crippen LogP contribution in [0.15, 0.2) is 0 Å². The Morgan fingerprint density at radius 2 is 2.08 bits per heavy atom. The van der Waals surface area contributed by atoms with Gasteiger partial charge >= 0.3 is 5.97 Å². The van der Waals surface area contributed by atoms with Gasteiger partial charge in [0, 0.05) is 0 Å². The van der Waals surface area contributed by atoms with Crippen LogP contribution in [0.2, 0.25) is 0 Å². The fraction of sp³-hybridized carbons (Fsp3) is 0.875. The molecule has 0 N–H and O–H groups in total. The second-order valence-electron chi connectivity index (χ2n) is 2.86. The van der Waals surface area contributed by atoms with Crippen LogP contribution in [0, 0.1) is 0 Å². The zero-order chi connectivity index (χ0) is 9.40. The van der Waals surface area contributed by atoms with Crippen molar-refractivity contribution in [2.75, 3.05) is 33.1 Å². The lowest BCUT2D eigenvalue weighted by atomic mass is 10.3. The molecule has 0 aromatic rings. The molecule has 0 amide bonds. The third-order valence-corrected chi connectivity index (χ3v) is 1.59. The van der Waals surface area contributed by atoms with Crippen molar-refractivity contribution >= 4 is 17.6 Å². The quantitative estimate of drug-likeness (QED) is 0.360. The van der Waals surface area contributed by atoms with Gasteiger partial charge < -0.3 is 9.64 Å². The summed E-state index contributed by atoms with van der Waals surface area (Å²) in [6.07, 6.45) is 1.95. The summed E-state index contributed by atoms with van der Waals surface area (Å²) in [6.45, 7) is 1.51. The molecule has 4 heteroatoms. The first-order valence-electron chi connectivity index (χ1n) is 4.03. The Balaban J connectivity index is 3.05. The van der Waals surface area contributed by atoms with Gasteiger partial charge in [-0.15, -0.1) is 11.6 Å². The van der Waals surface area contributed by atoms with Gasteiger partial charge in [0.2, 0.25) is 0 Å². The number of unbranched alkanes of at least 4 members (excludes halogenated alkanes) is 1. The maximum atomic E-state index is 10.5. The van der Waals surface area contributed by atoms with Gasteiger partial charge in [0.15, 0.2) is 0 Å². The van der Waals surface area contributed by atoms with E-state index in [1.807, 2.05) is 14.1 Å². The molecular formula is C8H16ClNO2. The lowest BCUT2D eigenvalue weighted by molar-refractivity contribution is -0.140. The fourth-order valence-corrected chi connectivity index (χ4v) is 0.832. The molecule has 0 heterocycles. The zero-order valence-corrected chi connectivity index (χ0v) is 8.43. The average molecular weight is 194 g/mol. The fourth-order valence-electron chi connectivity index (χ4n) is 0.755. The van der Waals surface area contributed by atoms with Crippen LogP contribution >= 0.6 is 11.6 Å². The van der Waals surface area contributed by atoms with Gasteiger partial charge in [0.05, 0.1) is 6.61 Å². The van der Waals surface area contributed by atoms with Crippen molar-refractivity contribution in [3.05, 3.63) is 0 Å². The number of ether oxygens (including phenoxy) is 1. The predicted molar refractivity (Wildman–Crippen MR) is 49.5 cm³/mol. The third-order valence-electron chi connectivity index (χ3n) is 1.37. The molecule has 0 atom stereocenters. The lowest BCUT2D eigenvalue weighted by Gasteiger charge is -2.08. The number of nitrogens with zero attached hydrogens (tertiary/aromatic N) is 1. The first-order chi connectivity index (χ1) is 5.66. The second kappa shape index (κ2) is 7.37. The molecule has 0 radical (unpaired) electrons. The van der Waals surface area contributed by atoms with E-state index >= 15 is 0 Å². The van der Waals surface area contributed by atoms with Gasteiger partial charge in [-0.25, -0.2) is 0 Å². The average Bonchev–Trinajstić information content (AvgIpc) is 2.03. The zero-order valence-electron chi connectivity index (χ0n) is 7.68. The lowest BCUT2D eigenvalue weighted by Crippen LogP contribution is -2.14. The minimum absolute atomic E-state index is 0.0479. The SMILES string of the molecule is CN(C)CCCCOC(=O)CCl. The molecule has 0 fully saturated rings. The van der Waals surface area contributed by atoms with Crippen molar-refractivity contribution in [1.82, 2.24) is 4.90 Å². The maximum Gasteiger partial charge on any atom is 0.320 e. The van der Waals surface area contributed by atoms with Gasteiger partial charge in [0.1, 0.15) is 5.88 Å². The topological polar surface area (TPSA) is 29.5 Å². The van der Waals surface area contributed by atoms with Crippen molar-refractivity contribution in [2.24, 2.45) is 0 Å². The summed E-state index contributed by atoms with van der Waals surface area (Å²) < 4.78 is 4.78. The van der Waals surface area contributed by atoms with Gasteiger partial charge in [-0.3, -0.25) is 4.79 Å². The van der Waals surface area contributed by atoms with Crippen LogP contribution in [0.3, 0.4) is 0 Å². The molecule has 0 saturated carbocycles. The van der Waals surface area contributed by atoms with Crippen molar-refractivity contribution < 1.29 is 9.53 Å². The Kier molecular flexibility index (Phi) is 7.20. The first kappa shape index (κ1) is 11.7. The van der Waals surface area contributed by atoms with Crippen LogP contribution in [0.25, 0.3) is 0 Å². The van der Waals surface area contributed by atoms with Gasteiger partial charge in [-0.2, -0.15) is 0 Å².